The van der Waals surface area contributed by atoms with Crippen molar-refractivity contribution in [2.45, 2.75) is 19.7 Å². The maximum atomic E-state index is 13.5. The van der Waals surface area contributed by atoms with Crippen LogP contribution in [-0.2, 0) is 12.8 Å². The molecule has 0 radical (unpaired) electrons. The predicted molar refractivity (Wildman–Crippen MR) is 114 cm³/mol. The van der Waals surface area contributed by atoms with Crippen molar-refractivity contribution in [1.82, 2.24) is 20.6 Å². The van der Waals surface area contributed by atoms with Gasteiger partial charge >= 0.3 is 6.18 Å². The molecule has 0 fully saturated rings. The van der Waals surface area contributed by atoms with Crippen molar-refractivity contribution in [3.05, 3.63) is 77.4 Å². The lowest BCUT2D eigenvalue weighted by Gasteiger charge is -2.17. The molecule has 0 saturated heterocycles. The number of carbonyl (C=O) groups excluding carboxylic acids is 1. The van der Waals surface area contributed by atoms with E-state index in [0.29, 0.717) is 28.5 Å². The summed E-state index contributed by atoms with van der Waals surface area (Å²) < 4.78 is 51.6. The summed E-state index contributed by atoms with van der Waals surface area (Å²) in [5.41, 5.74) is -0.543. The van der Waals surface area contributed by atoms with Crippen molar-refractivity contribution in [3.63, 3.8) is 0 Å². The molecule has 8 nitrogen and oxygen atoms in total. The number of nitrogens with zero attached hydrogens (tertiary/aromatic N) is 3. The van der Waals surface area contributed by atoms with E-state index >= 15 is 0 Å². The van der Waals surface area contributed by atoms with Gasteiger partial charge in [-0.3, -0.25) is 4.79 Å². The Hall–Kier alpha value is -4.41. The van der Waals surface area contributed by atoms with Gasteiger partial charge in [0.15, 0.2) is 5.78 Å². The predicted octanol–water partition coefficient (Wildman–Crippen LogP) is 5.17. The Morgan fingerprint density at radius 1 is 1.06 bits per heavy atom. The molecule has 0 spiro atoms. The summed E-state index contributed by atoms with van der Waals surface area (Å²) in [6.45, 7) is 0.871. The smallest absolute Gasteiger partial charge is 0.423 e. The van der Waals surface area contributed by atoms with Crippen molar-refractivity contribution in [2.75, 3.05) is 0 Å². The number of benzene rings is 3. The molecule has 2 N–H and O–H groups in total. The van der Waals surface area contributed by atoms with E-state index in [1.165, 1.54) is 0 Å². The maximum Gasteiger partial charge on any atom is 0.423 e. The lowest BCUT2D eigenvalue weighted by atomic mass is 10.0. The van der Waals surface area contributed by atoms with E-state index in [0.717, 1.165) is 19.1 Å². The van der Waals surface area contributed by atoms with Gasteiger partial charge in [-0.15, -0.1) is 10.2 Å². The average molecular weight is 470 g/mol. The number of phenols is 1. The fourth-order valence-corrected chi connectivity index (χ4v) is 3.18. The number of hydrogen-bond acceptors (Lipinski definition) is 7. The number of aromatic amines is 1. The SMILES string of the molecule is CC(=O)c1ccc(OCc2ccc(Oc3cccc(-c4nn[nH]n4)c3)cc2)c(C(F)(F)F)c1O. The van der Waals surface area contributed by atoms with Gasteiger partial charge in [0.05, 0.1) is 5.56 Å². The van der Waals surface area contributed by atoms with Crippen LogP contribution in [0.2, 0.25) is 0 Å². The summed E-state index contributed by atoms with van der Waals surface area (Å²) in [6.07, 6.45) is -4.90. The molecule has 1 aromatic heterocycles. The Balaban J connectivity index is 1.47. The van der Waals surface area contributed by atoms with Crippen LogP contribution >= 0.6 is 0 Å². The number of carbonyl (C=O) groups is 1. The summed E-state index contributed by atoms with van der Waals surface area (Å²) in [7, 11) is 0. The molecule has 3 aromatic carbocycles. The Morgan fingerprint density at radius 3 is 2.47 bits per heavy atom. The fraction of sp³-hybridized carbons (Fsp3) is 0.130. The third-order valence-corrected chi connectivity index (χ3v) is 4.79. The molecule has 4 aromatic rings. The Bertz CT molecular complexity index is 1310. The largest absolute Gasteiger partial charge is 0.506 e. The highest BCUT2D eigenvalue weighted by Crippen LogP contribution is 2.44. The lowest BCUT2D eigenvalue weighted by molar-refractivity contribution is -0.140. The van der Waals surface area contributed by atoms with Crippen LogP contribution in [0.15, 0.2) is 60.7 Å². The minimum Gasteiger partial charge on any atom is -0.506 e. The van der Waals surface area contributed by atoms with Crippen molar-refractivity contribution in [2.24, 2.45) is 0 Å². The van der Waals surface area contributed by atoms with E-state index in [4.69, 9.17) is 9.47 Å². The molecular formula is C23H17F3N4O4. The van der Waals surface area contributed by atoms with Crippen LogP contribution in [-0.4, -0.2) is 31.5 Å². The number of Topliss-reactive ketones (excluding diaryl/α,β-unsaturated/α-hetero) is 1. The molecule has 34 heavy (non-hydrogen) atoms. The van der Waals surface area contributed by atoms with Gasteiger partial charge in [0.2, 0.25) is 5.82 Å². The molecule has 0 atom stereocenters. The number of alkyl halides is 3. The van der Waals surface area contributed by atoms with Crippen LogP contribution in [0.1, 0.15) is 28.4 Å². The van der Waals surface area contributed by atoms with Gasteiger partial charge in [0.25, 0.3) is 0 Å². The lowest BCUT2D eigenvalue weighted by Crippen LogP contribution is -2.11. The third kappa shape index (κ3) is 4.98. The van der Waals surface area contributed by atoms with Crippen LogP contribution in [0.3, 0.4) is 0 Å². The van der Waals surface area contributed by atoms with Crippen LogP contribution in [0.25, 0.3) is 11.4 Å². The van der Waals surface area contributed by atoms with E-state index < -0.39 is 34.6 Å². The molecule has 0 amide bonds. The highest BCUT2D eigenvalue weighted by atomic mass is 19.4. The number of aromatic nitrogens is 4. The summed E-state index contributed by atoms with van der Waals surface area (Å²) >= 11 is 0. The topological polar surface area (TPSA) is 110 Å². The van der Waals surface area contributed by atoms with Gasteiger partial charge in [-0.05, 0) is 54.1 Å². The summed E-state index contributed by atoms with van der Waals surface area (Å²) in [5.74, 6) is -0.972. The second kappa shape index (κ2) is 9.22. The number of hydrogen-bond donors (Lipinski definition) is 2. The molecule has 0 unspecified atom stereocenters. The second-order valence-electron chi connectivity index (χ2n) is 7.19. The zero-order chi connectivity index (χ0) is 24.3. The molecule has 11 heteroatoms. The number of rotatable bonds is 7. The average Bonchev–Trinajstić information content (AvgIpc) is 3.33. The number of ketones is 1. The number of aromatic hydroxyl groups is 1. The standard InChI is InChI=1S/C23H17F3N4O4/c1-13(31)18-9-10-19(20(21(18)32)23(24,25)26)33-12-14-5-7-16(8-6-14)34-17-4-2-3-15(11-17)22-27-29-30-28-22/h2-11,32H,12H2,1H3,(H,27,28,29,30). The first-order chi connectivity index (χ1) is 16.2. The van der Waals surface area contributed by atoms with E-state index in [-0.39, 0.29) is 6.61 Å². The van der Waals surface area contributed by atoms with E-state index in [2.05, 4.69) is 20.6 Å². The molecule has 0 aliphatic carbocycles. The minimum absolute atomic E-state index is 0.199. The van der Waals surface area contributed by atoms with Crippen LogP contribution in [0.5, 0.6) is 23.0 Å². The summed E-state index contributed by atoms with van der Waals surface area (Å²) in [5, 5.41) is 23.7. The van der Waals surface area contributed by atoms with Crippen molar-refractivity contribution in [1.29, 1.82) is 0 Å². The number of ether oxygens (including phenoxy) is 2. The molecule has 1 heterocycles. The molecule has 0 aliphatic rings. The number of halogens is 3. The molecule has 4 rings (SSSR count). The normalized spacial score (nSPS) is 11.3. The number of tetrazole rings is 1. The minimum atomic E-state index is -4.90. The van der Waals surface area contributed by atoms with Gasteiger partial charge in [-0.1, -0.05) is 24.3 Å². The zero-order valence-corrected chi connectivity index (χ0v) is 17.6. The fourth-order valence-electron chi connectivity index (χ4n) is 3.18. The quantitative estimate of drug-likeness (QED) is 0.359. The van der Waals surface area contributed by atoms with Gasteiger partial charge in [-0.2, -0.15) is 18.4 Å². The van der Waals surface area contributed by atoms with E-state index in [9.17, 15) is 23.1 Å². The third-order valence-electron chi connectivity index (χ3n) is 4.79. The highest BCUT2D eigenvalue weighted by molar-refractivity contribution is 5.97. The highest BCUT2D eigenvalue weighted by Gasteiger charge is 2.39. The number of H-pyrrole nitrogens is 1. The van der Waals surface area contributed by atoms with Gasteiger partial charge < -0.3 is 14.6 Å². The first-order valence-electron chi connectivity index (χ1n) is 9.90. The van der Waals surface area contributed by atoms with Gasteiger partial charge in [0.1, 0.15) is 35.2 Å². The molecule has 0 saturated carbocycles. The summed E-state index contributed by atoms with van der Waals surface area (Å²) in [4.78, 5) is 11.5. The van der Waals surface area contributed by atoms with Gasteiger partial charge in [0, 0.05) is 5.56 Å². The number of nitrogens with one attached hydrogen (secondary N) is 1. The Labute approximate surface area is 191 Å². The number of phenolic OH excluding ortho intramolecular Hbond substituents is 1. The maximum absolute atomic E-state index is 13.5. The van der Waals surface area contributed by atoms with E-state index in [1.807, 2.05) is 0 Å². The molecule has 0 aliphatic heterocycles. The van der Waals surface area contributed by atoms with Crippen molar-refractivity contribution in [3.8, 4) is 34.4 Å². The van der Waals surface area contributed by atoms with Crippen LogP contribution in [0, 0.1) is 0 Å². The molecule has 0 bridgehead atoms. The molecular weight excluding hydrogens is 453 g/mol. The molecule has 174 valence electrons. The van der Waals surface area contributed by atoms with Crippen molar-refractivity contribution < 1.29 is 32.5 Å². The first kappa shape index (κ1) is 22.8. The Morgan fingerprint density at radius 2 is 1.82 bits per heavy atom. The first-order valence-corrected chi connectivity index (χ1v) is 9.90. The van der Waals surface area contributed by atoms with Crippen LogP contribution in [0.4, 0.5) is 13.2 Å². The van der Waals surface area contributed by atoms with Crippen LogP contribution < -0.4 is 9.47 Å². The monoisotopic (exact) mass is 470 g/mol. The Kier molecular flexibility index (Phi) is 6.17. The van der Waals surface area contributed by atoms with Gasteiger partial charge in [-0.25, -0.2) is 0 Å². The summed E-state index contributed by atoms with van der Waals surface area (Å²) in [6, 6.07) is 15.7. The second-order valence-corrected chi connectivity index (χ2v) is 7.19. The zero-order valence-electron chi connectivity index (χ0n) is 17.6. The van der Waals surface area contributed by atoms with Crippen molar-refractivity contribution >= 4 is 5.78 Å². The van der Waals surface area contributed by atoms with E-state index in [1.54, 1.807) is 48.5 Å².